The molecule has 14 heavy (non-hydrogen) atoms. The summed E-state index contributed by atoms with van der Waals surface area (Å²) in [6.45, 7) is 12.1. The molecule has 0 radical (unpaired) electrons. The van der Waals surface area contributed by atoms with E-state index in [1.54, 1.807) is 0 Å². The second-order valence-electron chi connectivity index (χ2n) is 5.63. The van der Waals surface area contributed by atoms with Crippen LogP contribution in [0, 0.1) is 23.2 Å². The van der Waals surface area contributed by atoms with Gasteiger partial charge in [0.1, 0.15) is 0 Å². The van der Waals surface area contributed by atoms with Gasteiger partial charge in [0.05, 0.1) is 0 Å². The monoisotopic (exact) mass is 196 g/mol. The Labute approximate surface area is 90.5 Å². The molecule has 0 heterocycles. The third kappa shape index (κ3) is 1.99. The highest BCUT2D eigenvalue weighted by Gasteiger charge is 2.44. The second kappa shape index (κ2) is 4.68. The lowest BCUT2D eigenvalue weighted by Gasteiger charge is -2.38. The standard InChI is InChI=1S/C14H28/c1-6-12(7-2)13-11(4)9-10-14(13,5)8-3/h11-13H,6-10H2,1-5H3. The third-order valence-electron chi connectivity index (χ3n) is 4.95. The molecule has 3 unspecified atom stereocenters. The Morgan fingerprint density at radius 3 is 2.21 bits per heavy atom. The fourth-order valence-electron chi connectivity index (χ4n) is 3.83. The second-order valence-corrected chi connectivity index (χ2v) is 5.63. The van der Waals surface area contributed by atoms with Crippen molar-refractivity contribution in [3.05, 3.63) is 0 Å². The molecule has 0 heteroatoms. The Morgan fingerprint density at radius 1 is 1.21 bits per heavy atom. The Bertz CT molecular complexity index is 169. The molecule has 1 saturated carbocycles. The molecule has 1 fully saturated rings. The number of rotatable bonds is 4. The first-order valence-corrected chi connectivity index (χ1v) is 6.59. The molecule has 0 aromatic carbocycles. The molecule has 1 aliphatic rings. The van der Waals surface area contributed by atoms with Gasteiger partial charge in [0, 0.05) is 0 Å². The minimum absolute atomic E-state index is 0.649. The van der Waals surface area contributed by atoms with Crippen molar-refractivity contribution in [3.63, 3.8) is 0 Å². The van der Waals surface area contributed by atoms with Crippen molar-refractivity contribution in [3.8, 4) is 0 Å². The molecule has 0 amide bonds. The van der Waals surface area contributed by atoms with Gasteiger partial charge in [-0.2, -0.15) is 0 Å². The Balaban J connectivity index is 2.80. The smallest absolute Gasteiger partial charge is 0.0295 e. The summed E-state index contributed by atoms with van der Waals surface area (Å²) in [5.41, 5.74) is 0.649. The van der Waals surface area contributed by atoms with Crippen molar-refractivity contribution in [2.24, 2.45) is 23.2 Å². The van der Waals surface area contributed by atoms with Crippen LogP contribution in [0.4, 0.5) is 0 Å². The SMILES string of the molecule is CCC(CC)C1C(C)CCC1(C)CC. The highest BCUT2D eigenvalue weighted by molar-refractivity contribution is 4.94. The van der Waals surface area contributed by atoms with Crippen LogP contribution in [0.2, 0.25) is 0 Å². The summed E-state index contributed by atoms with van der Waals surface area (Å²) in [5.74, 6) is 2.92. The topological polar surface area (TPSA) is 0 Å². The van der Waals surface area contributed by atoms with Gasteiger partial charge in [0.25, 0.3) is 0 Å². The molecule has 0 N–H and O–H groups in total. The van der Waals surface area contributed by atoms with Gasteiger partial charge in [-0.15, -0.1) is 0 Å². The minimum Gasteiger partial charge on any atom is -0.0651 e. The zero-order valence-corrected chi connectivity index (χ0v) is 10.8. The first-order valence-electron chi connectivity index (χ1n) is 6.59. The van der Waals surface area contributed by atoms with E-state index in [2.05, 4.69) is 34.6 Å². The van der Waals surface area contributed by atoms with Gasteiger partial charge >= 0.3 is 0 Å². The Morgan fingerprint density at radius 2 is 1.79 bits per heavy atom. The summed E-state index contributed by atoms with van der Waals surface area (Å²) in [7, 11) is 0. The fourth-order valence-corrected chi connectivity index (χ4v) is 3.83. The quantitative estimate of drug-likeness (QED) is 0.601. The van der Waals surface area contributed by atoms with Crippen LogP contribution in [0.15, 0.2) is 0 Å². The molecule has 3 atom stereocenters. The van der Waals surface area contributed by atoms with Crippen LogP contribution in [0.25, 0.3) is 0 Å². The molecule has 0 saturated heterocycles. The van der Waals surface area contributed by atoms with Gasteiger partial charge in [-0.1, -0.05) is 53.9 Å². The fraction of sp³-hybridized carbons (Fsp3) is 1.00. The first-order chi connectivity index (χ1) is 6.59. The van der Waals surface area contributed by atoms with E-state index in [0.717, 1.165) is 17.8 Å². The van der Waals surface area contributed by atoms with Crippen molar-refractivity contribution >= 4 is 0 Å². The van der Waals surface area contributed by atoms with Gasteiger partial charge < -0.3 is 0 Å². The third-order valence-corrected chi connectivity index (χ3v) is 4.95. The van der Waals surface area contributed by atoms with Gasteiger partial charge in [-0.05, 0) is 36.0 Å². The average Bonchev–Trinajstić information content (AvgIpc) is 2.49. The van der Waals surface area contributed by atoms with Crippen LogP contribution >= 0.6 is 0 Å². The van der Waals surface area contributed by atoms with E-state index in [9.17, 15) is 0 Å². The molecule has 0 aromatic heterocycles. The van der Waals surface area contributed by atoms with Crippen molar-refractivity contribution in [2.75, 3.05) is 0 Å². The summed E-state index contributed by atoms with van der Waals surface area (Å²) < 4.78 is 0. The van der Waals surface area contributed by atoms with Crippen LogP contribution in [-0.4, -0.2) is 0 Å². The molecule has 0 bridgehead atoms. The Kier molecular flexibility index (Phi) is 4.04. The van der Waals surface area contributed by atoms with E-state index in [-0.39, 0.29) is 0 Å². The maximum Gasteiger partial charge on any atom is -0.0295 e. The summed E-state index contributed by atoms with van der Waals surface area (Å²) in [5, 5.41) is 0. The molecule has 84 valence electrons. The van der Waals surface area contributed by atoms with E-state index in [1.165, 1.54) is 32.1 Å². The largest absolute Gasteiger partial charge is 0.0651 e. The van der Waals surface area contributed by atoms with Gasteiger partial charge in [0.2, 0.25) is 0 Å². The predicted molar refractivity (Wildman–Crippen MR) is 64.4 cm³/mol. The first kappa shape index (κ1) is 12.1. The molecular weight excluding hydrogens is 168 g/mol. The predicted octanol–water partition coefficient (Wildman–Crippen LogP) is 4.89. The maximum atomic E-state index is 2.53. The van der Waals surface area contributed by atoms with E-state index >= 15 is 0 Å². The van der Waals surface area contributed by atoms with Crippen LogP contribution in [0.1, 0.15) is 66.7 Å². The normalized spacial score (nSPS) is 38.1. The van der Waals surface area contributed by atoms with Crippen LogP contribution in [0.3, 0.4) is 0 Å². The average molecular weight is 196 g/mol. The highest BCUT2D eigenvalue weighted by Crippen LogP contribution is 2.53. The maximum absolute atomic E-state index is 2.53. The van der Waals surface area contributed by atoms with Crippen LogP contribution in [-0.2, 0) is 0 Å². The molecule has 0 nitrogen and oxygen atoms in total. The summed E-state index contributed by atoms with van der Waals surface area (Å²) in [6.07, 6.45) is 7.05. The van der Waals surface area contributed by atoms with Gasteiger partial charge in [-0.25, -0.2) is 0 Å². The highest BCUT2D eigenvalue weighted by atomic mass is 14.5. The molecule has 1 rings (SSSR count). The van der Waals surface area contributed by atoms with E-state index in [0.29, 0.717) is 5.41 Å². The van der Waals surface area contributed by atoms with Crippen molar-refractivity contribution in [1.82, 2.24) is 0 Å². The number of hydrogen-bond donors (Lipinski definition) is 0. The molecule has 1 aliphatic carbocycles. The molecule has 0 aromatic rings. The summed E-state index contributed by atoms with van der Waals surface area (Å²) >= 11 is 0. The minimum atomic E-state index is 0.649. The van der Waals surface area contributed by atoms with Gasteiger partial charge in [0.15, 0.2) is 0 Å². The number of hydrogen-bond acceptors (Lipinski definition) is 0. The molecular formula is C14H28. The van der Waals surface area contributed by atoms with Gasteiger partial charge in [-0.3, -0.25) is 0 Å². The zero-order valence-electron chi connectivity index (χ0n) is 10.8. The van der Waals surface area contributed by atoms with Crippen molar-refractivity contribution in [1.29, 1.82) is 0 Å². The van der Waals surface area contributed by atoms with Crippen LogP contribution in [0.5, 0.6) is 0 Å². The van der Waals surface area contributed by atoms with Crippen LogP contribution < -0.4 is 0 Å². The van der Waals surface area contributed by atoms with Crippen molar-refractivity contribution in [2.45, 2.75) is 66.7 Å². The van der Waals surface area contributed by atoms with Crippen molar-refractivity contribution < 1.29 is 0 Å². The Hall–Kier alpha value is 0. The lowest BCUT2D eigenvalue weighted by atomic mass is 9.67. The lowest BCUT2D eigenvalue weighted by Crippen LogP contribution is -2.30. The molecule has 0 spiro atoms. The summed E-state index contributed by atoms with van der Waals surface area (Å²) in [6, 6.07) is 0. The zero-order chi connectivity index (χ0) is 10.8. The van der Waals surface area contributed by atoms with E-state index in [4.69, 9.17) is 0 Å². The molecule has 0 aliphatic heterocycles. The van der Waals surface area contributed by atoms with E-state index in [1.807, 2.05) is 0 Å². The summed E-state index contributed by atoms with van der Waals surface area (Å²) in [4.78, 5) is 0. The lowest BCUT2D eigenvalue weighted by molar-refractivity contribution is 0.113. The van der Waals surface area contributed by atoms with E-state index < -0.39 is 0 Å².